The van der Waals surface area contributed by atoms with E-state index in [-0.39, 0.29) is 4.36 Å². The summed E-state index contributed by atoms with van der Waals surface area (Å²) in [6.45, 7) is 0. The van der Waals surface area contributed by atoms with Gasteiger partial charge in [-0.25, -0.2) is 0 Å². The van der Waals surface area contributed by atoms with Crippen LogP contribution in [0, 0.1) is 0 Å². The van der Waals surface area contributed by atoms with Crippen molar-refractivity contribution in [1.82, 2.24) is 0 Å². The minimum absolute atomic E-state index is 0.115. The molecule has 64 valence electrons. The van der Waals surface area contributed by atoms with Gasteiger partial charge in [-0.2, -0.15) is 0 Å². The van der Waals surface area contributed by atoms with E-state index in [9.17, 15) is 28.7 Å². The van der Waals surface area contributed by atoms with E-state index in [2.05, 4.69) is 0 Å². The Bertz CT molecular complexity index is 171. The standard InChI is InChI=1S/CF7NS/c2-1(3,4)9-10(5,6,7)8. The third kappa shape index (κ3) is 7.66. The van der Waals surface area contributed by atoms with E-state index in [1.54, 1.807) is 0 Å². The Kier molecular flexibility index (Phi) is 1.77. The Labute approximate surface area is 51.0 Å². The topological polar surface area (TPSA) is 12.4 Å². The summed E-state index contributed by atoms with van der Waals surface area (Å²) >= 11 is 0. The van der Waals surface area contributed by atoms with Gasteiger partial charge >= 0.3 is 16.8 Å². The molecule has 0 N–H and O–H groups in total. The molecular weight excluding hydrogens is 191 g/mol. The molecule has 0 aliphatic heterocycles. The molecule has 0 atom stereocenters. The third-order valence-electron chi connectivity index (χ3n) is 0.242. The lowest BCUT2D eigenvalue weighted by Crippen LogP contribution is -2.11. The number of nitrogens with zero attached hydrogens (tertiary/aromatic N) is 1. The molecule has 0 rings (SSSR count). The Morgan fingerprint density at radius 2 is 1.20 bits per heavy atom. The van der Waals surface area contributed by atoms with E-state index in [0.29, 0.717) is 0 Å². The monoisotopic (exact) mass is 191 g/mol. The predicted octanol–water partition coefficient (Wildman–Crippen LogP) is 2.92. The first kappa shape index (κ1) is 9.66. The quantitative estimate of drug-likeness (QED) is 0.412. The van der Waals surface area contributed by atoms with Gasteiger partial charge in [-0.1, -0.05) is 19.9 Å². The number of alkyl halides is 3. The average molecular weight is 191 g/mol. The van der Waals surface area contributed by atoms with Gasteiger partial charge in [0, 0.05) is 0 Å². The molecule has 0 heterocycles. The highest BCUT2D eigenvalue weighted by atomic mass is 32.4. The second kappa shape index (κ2) is 1.83. The molecule has 0 spiro atoms. The molecule has 0 saturated heterocycles. The first-order valence-corrected chi connectivity index (χ1v) is 3.19. The van der Waals surface area contributed by atoms with Gasteiger partial charge in [0.1, 0.15) is 0 Å². The van der Waals surface area contributed by atoms with Gasteiger partial charge in [-0.15, -0.1) is 13.2 Å². The van der Waals surface area contributed by atoms with Gasteiger partial charge in [0.25, 0.3) is 0 Å². The molecule has 0 radical (unpaired) electrons. The summed E-state index contributed by atoms with van der Waals surface area (Å²) < 4.78 is 75.4. The maximum Gasteiger partial charge on any atom is 0.515 e. The zero-order valence-corrected chi connectivity index (χ0v) is 4.82. The number of halogens is 7. The smallest absolute Gasteiger partial charge is 0.148 e. The summed E-state index contributed by atoms with van der Waals surface area (Å²) in [4.78, 5) is 0. The molecule has 0 aliphatic carbocycles. The van der Waals surface area contributed by atoms with Crippen molar-refractivity contribution in [2.45, 2.75) is 6.30 Å². The molecular formula is CF7NS. The van der Waals surface area contributed by atoms with Crippen molar-refractivity contribution in [3.63, 3.8) is 0 Å². The van der Waals surface area contributed by atoms with Crippen LogP contribution in [0.5, 0.6) is 0 Å². The lowest BCUT2D eigenvalue weighted by atomic mass is 11.3. The molecule has 0 amide bonds. The van der Waals surface area contributed by atoms with Crippen LogP contribution in [0.15, 0.2) is 4.36 Å². The molecule has 0 saturated carbocycles. The summed E-state index contributed by atoms with van der Waals surface area (Å²) in [5, 5.41) is 0. The molecule has 0 bridgehead atoms. The minimum Gasteiger partial charge on any atom is -0.148 e. The van der Waals surface area contributed by atoms with Gasteiger partial charge in [-0.05, 0) is 0 Å². The molecule has 0 aromatic rings. The van der Waals surface area contributed by atoms with Gasteiger partial charge in [0.2, 0.25) is 0 Å². The minimum atomic E-state index is -8.52. The van der Waals surface area contributed by atoms with E-state index >= 15 is 0 Å². The molecule has 0 aromatic carbocycles. The fourth-order valence-electron chi connectivity index (χ4n) is 0.156. The first-order valence-electron chi connectivity index (χ1n) is 1.59. The normalized spacial score (nSPS) is 17.7. The maximum absolute atomic E-state index is 10.8. The average Bonchev–Trinajstić information content (AvgIpc) is 1.09. The van der Waals surface area contributed by atoms with Crippen LogP contribution in [-0.4, -0.2) is 6.30 Å². The highest BCUT2D eigenvalue weighted by molar-refractivity contribution is 8.04. The Morgan fingerprint density at radius 1 is 0.900 bits per heavy atom. The SMILES string of the molecule is FC(F)(F)N=S(F)(F)(F)F. The van der Waals surface area contributed by atoms with Crippen LogP contribution < -0.4 is 0 Å². The molecule has 0 unspecified atom stereocenters. The van der Waals surface area contributed by atoms with Crippen LogP contribution in [-0.2, 0) is 10.5 Å². The van der Waals surface area contributed by atoms with Crippen molar-refractivity contribution < 1.29 is 28.7 Å². The van der Waals surface area contributed by atoms with E-state index in [1.165, 1.54) is 0 Å². The van der Waals surface area contributed by atoms with Gasteiger partial charge in [0.05, 0.1) is 0 Å². The molecule has 0 aromatic heterocycles. The Hall–Kier alpha value is -0.340. The molecule has 1 nitrogen and oxygen atoms in total. The van der Waals surface area contributed by atoms with Crippen molar-refractivity contribution in [3.8, 4) is 0 Å². The van der Waals surface area contributed by atoms with Crippen LogP contribution in [0.4, 0.5) is 28.7 Å². The van der Waals surface area contributed by atoms with E-state index in [4.69, 9.17) is 0 Å². The summed E-state index contributed by atoms with van der Waals surface area (Å²) in [6.07, 6.45) is -5.88. The number of hydrogen-bond donors (Lipinski definition) is 0. The fourth-order valence-corrected chi connectivity index (χ4v) is 0.469. The van der Waals surface area contributed by atoms with Crippen molar-refractivity contribution >= 4 is 10.5 Å². The van der Waals surface area contributed by atoms with Gasteiger partial charge in [-0.3, -0.25) is 0 Å². The number of rotatable bonds is 0. The van der Waals surface area contributed by atoms with Gasteiger partial charge < -0.3 is 0 Å². The second-order valence-corrected chi connectivity index (χ2v) is 2.62. The summed E-state index contributed by atoms with van der Waals surface area (Å²) in [5.41, 5.74) is 0. The van der Waals surface area contributed by atoms with E-state index in [0.717, 1.165) is 0 Å². The highest BCUT2D eigenvalue weighted by Crippen LogP contribution is 2.41. The molecule has 9 heteroatoms. The van der Waals surface area contributed by atoms with Crippen molar-refractivity contribution in [2.75, 3.05) is 0 Å². The highest BCUT2D eigenvalue weighted by Gasteiger charge is 2.42. The molecule has 0 aliphatic rings. The van der Waals surface area contributed by atoms with Crippen molar-refractivity contribution in [3.05, 3.63) is 0 Å². The Balaban J connectivity index is 4.82. The summed E-state index contributed by atoms with van der Waals surface area (Å²) in [6, 6.07) is 0. The van der Waals surface area contributed by atoms with Crippen LogP contribution in [0.1, 0.15) is 0 Å². The zero-order chi connectivity index (χ0) is 8.65. The van der Waals surface area contributed by atoms with Crippen LogP contribution in [0.2, 0.25) is 0 Å². The van der Waals surface area contributed by atoms with Gasteiger partial charge in [0.15, 0.2) is 0 Å². The summed E-state index contributed by atoms with van der Waals surface area (Å²) in [5.74, 6) is 0. The van der Waals surface area contributed by atoms with Crippen molar-refractivity contribution in [1.29, 1.82) is 0 Å². The lowest BCUT2D eigenvalue weighted by Gasteiger charge is -2.09. The fraction of sp³-hybridized carbons (Fsp3) is 1.00. The second-order valence-electron chi connectivity index (χ2n) is 1.19. The Morgan fingerprint density at radius 3 is 1.20 bits per heavy atom. The first-order chi connectivity index (χ1) is 3.96. The molecule has 10 heavy (non-hydrogen) atoms. The third-order valence-corrected chi connectivity index (χ3v) is 0.725. The van der Waals surface area contributed by atoms with Crippen molar-refractivity contribution in [2.24, 2.45) is 4.36 Å². The van der Waals surface area contributed by atoms with E-state index in [1.807, 2.05) is 0 Å². The predicted molar refractivity (Wildman–Crippen MR) is 20.3 cm³/mol. The van der Waals surface area contributed by atoms with Crippen LogP contribution in [0.25, 0.3) is 0 Å². The summed E-state index contributed by atoms with van der Waals surface area (Å²) in [7, 11) is -8.52. The van der Waals surface area contributed by atoms with Crippen LogP contribution >= 0.6 is 0 Å². The zero-order valence-electron chi connectivity index (χ0n) is 4.00. The maximum atomic E-state index is 10.8. The van der Waals surface area contributed by atoms with Crippen LogP contribution in [0.3, 0.4) is 0 Å². The molecule has 0 fully saturated rings. The number of hydrogen-bond acceptors (Lipinski definition) is 1. The lowest BCUT2D eigenvalue weighted by molar-refractivity contribution is -0.119. The largest absolute Gasteiger partial charge is 0.515 e. The van der Waals surface area contributed by atoms with E-state index < -0.39 is 16.8 Å².